The lowest BCUT2D eigenvalue weighted by Crippen LogP contribution is -1.94. The second-order valence-corrected chi connectivity index (χ2v) is 4.21. The van der Waals surface area contributed by atoms with E-state index in [1.807, 2.05) is 16.8 Å². The van der Waals surface area contributed by atoms with Gasteiger partial charge in [-0.2, -0.15) is 5.10 Å². The molecule has 66 valence electrons. The molecule has 0 aromatic carbocycles. The van der Waals surface area contributed by atoms with Gasteiger partial charge in [-0.15, -0.1) is 0 Å². The van der Waals surface area contributed by atoms with Gasteiger partial charge in [0.15, 0.2) is 5.65 Å². The van der Waals surface area contributed by atoms with E-state index in [9.17, 15) is 0 Å². The van der Waals surface area contributed by atoms with Gasteiger partial charge in [0.1, 0.15) is 4.60 Å². The number of rotatable bonds is 1. The van der Waals surface area contributed by atoms with Crippen molar-refractivity contribution in [1.82, 2.24) is 14.6 Å². The molecule has 0 saturated heterocycles. The first kappa shape index (κ1) is 7.50. The molecule has 3 rings (SSSR count). The summed E-state index contributed by atoms with van der Waals surface area (Å²) >= 11 is 3.33. The number of fused-ring (bicyclic) bond motifs is 1. The van der Waals surface area contributed by atoms with Gasteiger partial charge in [-0.05, 0) is 40.9 Å². The molecule has 0 amide bonds. The van der Waals surface area contributed by atoms with Crippen LogP contribution in [0.15, 0.2) is 22.9 Å². The van der Waals surface area contributed by atoms with Crippen LogP contribution in [0.3, 0.4) is 0 Å². The molecule has 2 aromatic heterocycles. The van der Waals surface area contributed by atoms with Crippen molar-refractivity contribution < 1.29 is 0 Å². The second-order valence-electron chi connectivity index (χ2n) is 3.40. The minimum atomic E-state index is 0.700. The predicted octanol–water partition coefficient (Wildman–Crippen LogP) is 2.37. The van der Waals surface area contributed by atoms with Gasteiger partial charge in [-0.3, -0.25) is 0 Å². The largest absolute Gasteiger partial charge is 0.220 e. The zero-order valence-corrected chi connectivity index (χ0v) is 8.53. The molecule has 0 atom stereocenters. The van der Waals surface area contributed by atoms with E-state index in [-0.39, 0.29) is 0 Å². The smallest absolute Gasteiger partial charge is 0.154 e. The molecule has 0 spiro atoms. The highest BCUT2D eigenvalue weighted by Gasteiger charge is 2.25. The summed E-state index contributed by atoms with van der Waals surface area (Å²) in [5.41, 5.74) is 2.09. The Morgan fingerprint density at radius 1 is 1.38 bits per heavy atom. The van der Waals surface area contributed by atoms with E-state index in [2.05, 4.69) is 32.1 Å². The molecule has 0 unspecified atom stereocenters. The molecule has 4 heteroatoms. The molecule has 1 saturated carbocycles. The number of aromatic nitrogens is 3. The van der Waals surface area contributed by atoms with Crippen LogP contribution >= 0.6 is 15.9 Å². The summed E-state index contributed by atoms with van der Waals surface area (Å²) in [6.07, 6.45) is 4.46. The lowest BCUT2D eigenvalue weighted by molar-refractivity contribution is 0.855. The van der Waals surface area contributed by atoms with Crippen molar-refractivity contribution in [2.75, 3.05) is 0 Å². The quantitative estimate of drug-likeness (QED) is 0.763. The summed E-state index contributed by atoms with van der Waals surface area (Å²) in [5, 5.41) is 4.48. The molecule has 0 bridgehead atoms. The van der Waals surface area contributed by atoms with Gasteiger partial charge in [0, 0.05) is 5.92 Å². The highest BCUT2D eigenvalue weighted by atomic mass is 79.9. The molecule has 0 N–H and O–H groups in total. The van der Waals surface area contributed by atoms with E-state index in [1.165, 1.54) is 18.5 Å². The van der Waals surface area contributed by atoms with Gasteiger partial charge in [0.2, 0.25) is 0 Å². The SMILES string of the molecule is Brc1cn2nc(C3CC3)ccc2n1. The lowest BCUT2D eigenvalue weighted by Gasteiger charge is -1.96. The minimum absolute atomic E-state index is 0.700. The Morgan fingerprint density at radius 3 is 3.00 bits per heavy atom. The Bertz CT molecular complexity index is 459. The van der Waals surface area contributed by atoms with Gasteiger partial charge in [0.05, 0.1) is 11.9 Å². The number of hydrogen-bond acceptors (Lipinski definition) is 2. The molecular formula is C9H8BrN3. The lowest BCUT2D eigenvalue weighted by atomic mass is 10.3. The van der Waals surface area contributed by atoms with Crippen LogP contribution in [0.1, 0.15) is 24.5 Å². The van der Waals surface area contributed by atoms with Crippen molar-refractivity contribution >= 4 is 21.6 Å². The van der Waals surface area contributed by atoms with Crippen molar-refractivity contribution in [3.05, 3.63) is 28.6 Å². The number of halogens is 1. The Morgan fingerprint density at radius 2 is 2.23 bits per heavy atom. The topological polar surface area (TPSA) is 30.2 Å². The van der Waals surface area contributed by atoms with Gasteiger partial charge in [-0.1, -0.05) is 0 Å². The first-order valence-electron chi connectivity index (χ1n) is 4.35. The van der Waals surface area contributed by atoms with Crippen LogP contribution in [0.4, 0.5) is 0 Å². The maximum Gasteiger partial charge on any atom is 0.154 e. The third kappa shape index (κ3) is 1.25. The molecule has 1 aliphatic carbocycles. The predicted molar refractivity (Wildman–Crippen MR) is 52.7 cm³/mol. The van der Waals surface area contributed by atoms with Crippen LogP contribution in [0.5, 0.6) is 0 Å². The summed E-state index contributed by atoms with van der Waals surface area (Å²) in [6.45, 7) is 0. The molecule has 0 radical (unpaired) electrons. The molecule has 13 heavy (non-hydrogen) atoms. The van der Waals surface area contributed by atoms with Crippen molar-refractivity contribution in [3.8, 4) is 0 Å². The second kappa shape index (κ2) is 2.54. The number of imidazole rings is 1. The van der Waals surface area contributed by atoms with Gasteiger partial charge in [-0.25, -0.2) is 9.50 Å². The van der Waals surface area contributed by atoms with Gasteiger partial charge in [0.25, 0.3) is 0 Å². The molecule has 1 aliphatic rings. The molecule has 0 aliphatic heterocycles. The van der Waals surface area contributed by atoms with E-state index < -0.39 is 0 Å². The Balaban J connectivity index is 2.20. The normalized spacial score (nSPS) is 16.7. The van der Waals surface area contributed by atoms with Crippen LogP contribution in [0.25, 0.3) is 5.65 Å². The minimum Gasteiger partial charge on any atom is -0.220 e. The van der Waals surface area contributed by atoms with Crippen LogP contribution in [-0.2, 0) is 0 Å². The fourth-order valence-electron chi connectivity index (χ4n) is 1.46. The molecular weight excluding hydrogens is 230 g/mol. The van der Waals surface area contributed by atoms with Crippen LogP contribution < -0.4 is 0 Å². The fourth-order valence-corrected chi connectivity index (χ4v) is 1.84. The van der Waals surface area contributed by atoms with E-state index in [1.54, 1.807) is 0 Å². The summed E-state index contributed by atoms with van der Waals surface area (Å²) in [5.74, 6) is 0.700. The highest BCUT2D eigenvalue weighted by molar-refractivity contribution is 9.10. The molecule has 2 heterocycles. The van der Waals surface area contributed by atoms with E-state index in [0.717, 1.165) is 10.3 Å². The van der Waals surface area contributed by atoms with Crippen molar-refractivity contribution in [2.24, 2.45) is 0 Å². The summed E-state index contributed by atoms with van der Waals surface area (Å²) in [7, 11) is 0. The zero-order chi connectivity index (χ0) is 8.84. The zero-order valence-electron chi connectivity index (χ0n) is 6.94. The fraction of sp³-hybridized carbons (Fsp3) is 0.333. The average Bonchev–Trinajstić information content (AvgIpc) is 2.87. The maximum absolute atomic E-state index is 4.48. The summed E-state index contributed by atoms with van der Waals surface area (Å²) in [4.78, 5) is 4.25. The third-order valence-electron chi connectivity index (χ3n) is 2.31. The average molecular weight is 238 g/mol. The van der Waals surface area contributed by atoms with Gasteiger partial charge < -0.3 is 0 Å². The van der Waals surface area contributed by atoms with E-state index in [0.29, 0.717) is 5.92 Å². The van der Waals surface area contributed by atoms with Crippen molar-refractivity contribution in [2.45, 2.75) is 18.8 Å². The standard InChI is InChI=1S/C9H8BrN3/c10-8-5-13-9(11-8)4-3-7(12-13)6-1-2-6/h3-6H,1-2H2. The summed E-state index contributed by atoms with van der Waals surface area (Å²) < 4.78 is 2.67. The summed E-state index contributed by atoms with van der Waals surface area (Å²) in [6, 6.07) is 4.10. The van der Waals surface area contributed by atoms with Crippen molar-refractivity contribution in [3.63, 3.8) is 0 Å². The van der Waals surface area contributed by atoms with E-state index in [4.69, 9.17) is 0 Å². The van der Waals surface area contributed by atoms with Crippen molar-refractivity contribution in [1.29, 1.82) is 0 Å². The van der Waals surface area contributed by atoms with Gasteiger partial charge >= 0.3 is 0 Å². The Hall–Kier alpha value is -0.900. The third-order valence-corrected chi connectivity index (χ3v) is 2.69. The van der Waals surface area contributed by atoms with E-state index >= 15 is 0 Å². The van der Waals surface area contributed by atoms with Crippen LogP contribution in [-0.4, -0.2) is 14.6 Å². The Labute approximate surface area is 83.9 Å². The number of hydrogen-bond donors (Lipinski definition) is 0. The van der Waals surface area contributed by atoms with Crippen LogP contribution in [0, 0.1) is 0 Å². The highest BCUT2D eigenvalue weighted by Crippen LogP contribution is 2.38. The molecule has 2 aromatic rings. The Kier molecular flexibility index (Phi) is 1.47. The first-order chi connectivity index (χ1) is 6.33. The molecule has 1 fully saturated rings. The van der Waals surface area contributed by atoms with Crippen LogP contribution in [0.2, 0.25) is 0 Å². The maximum atomic E-state index is 4.48. The monoisotopic (exact) mass is 237 g/mol. The first-order valence-corrected chi connectivity index (χ1v) is 5.14. The molecule has 3 nitrogen and oxygen atoms in total. The number of nitrogens with zero attached hydrogens (tertiary/aromatic N) is 3.